The van der Waals surface area contributed by atoms with Gasteiger partial charge in [-0.05, 0) is 37.3 Å². The van der Waals surface area contributed by atoms with Crippen LogP contribution in [0.4, 0.5) is 5.69 Å². The van der Waals surface area contributed by atoms with Gasteiger partial charge in [0.2, 0.25) is 5.91 Å². The van der Waals surface area contributed by atoms with Crippen molar-refractivity contribution in [3.05, 3.63) is 53.5 Å². The monoisotopic (exact) mass is 341 g/mol. The maximum Gasteiger partial charge on any atom is 0.258 e. The molecule has 122 valence electrons. The highest BCUT2D eigenvalue weighted by Gasteiger charge is 2.36. The fraction of sp³-hybridized carbons (Fsp3) is 0.235. The molecular formula is C17H15N3O3S. The van der Waals surface area contributed by atoms with Gasteiger partial charge in [0, 0.05) is 11.4 Å². The zero-order valence-corrected chi connectivity index (χ0v) is 13.8. The van der Waals surface area contributed by atoms with Crippen molar-refractivity contribution in [2.45, 2.75) is 13.0 Å². The first-order valence-electron chi connectivity index (χ1n) is 7.34. The lowest BCUT2D eigenvalue weighted by Crippen LogP contribution is -2.44. The largest absolute Gasteiger partial charge is 0.469 e. The molecule has 24 heavy (non-hydrogen) atoms. The van der Waals surface area contributed by atoms with E-state index in [1.54, 1.807) is 42.2 Å². The van der Waals surface area contributed by atoms with E-state index in [1.807, 2.05) is 6.07 Å². The number of hydrogen-bond donors (Lipinski definition) is 1. The van der Waals surface area contributed by atoms with Gasteiger partial charge < -0.3 is 14.6 Å². The number of amides is 2. The Balaban J connectivity index is 1.72. The number of furan rings is 1. The summed E-state index contributed by atoms with van der Waals surface area (Å²) in [4.78, 5) is 26.7. The van der Waals surface area contributed by atoms with Gasteiger partial charge in [-0.1, -0.05) is 0 Å². The molecule has 6 nitrogen and oxygen atoms in total. The number of nitrogens with one attached hydrogen (secondary N) is 1. The molecule has 3 rings (SSSR count). The molecule has 1 saturated heterocycles. The molecule has 1 fully saturated rings. The number of thioether (sulfide) groups is 1. The third-order valence-corrected chi connectivity index (χ3v) is 4.83. The van der Waals surface area contributed by atoms with Gasteiger partial charge in [0.05, 0.1) is 29.3 Å². The summed E-state index contributed by atoms with van der Waals surface area (Å²) < 4.78 is 5.18. The Morgan fingerprint density at radius 3 is 2.71 bits per heavy atom. The van der Waals surface area contributed by atoms with Gasteiger partial charge in [0.15, 0.2) is 0 Å². The molecular weight excluding hydrogens is 326 g/mol. The van der Waals surface area contributed by atoms with Crippen molar-refractivity contribution in [1.82, 2.24) is 4.90 Å². The van der Waals surface area contributed by atoms with E-state index in [0.717, 1.165) is 0 Å². The number of carbonyl (C=O) groups is 2. The summed E-state index contributed by atoms with van der Waals surface area (Å²) in [6, 6.07) is 9.73. The van der Waals surface area contributed by atoms with E-state index < -0.39 is 6.04 Å². The molecule has 0 bridgehead atoms. The summed E-state index contributed by atoms with van der Waals surface area (Å²) in [6.45, 7) is 1.72. The van der Waals surface area contributed by atoms with Gasteiger partial charge >= 0.3 is 0 Å². The lowest BCUT2D eigenvalue weighted by molar-refractivity contribution is -0.119. The summed E-state index contributed by atoms with van der Waals surface area (Å²) in [5.74, 6) is 1.12. The lowest BCUT2D eigenvalue weighted by Gasteiger charge is -2.22. The van der Waals surface area contributed by atoms with Gasteiger partial charge in [0.1, 0.15) is 11.8 Å². The molecule has 2 amide bonds. The van der Waals surface area contributed by atoms with Crippen molar-refractivity contribution < 1.29 is 14.0 Å². The summed E-state index contributed by atoms with van der Waals surface area (Å²) >= 11 is 1.54. The van der Waals surface area contributed by atoms with Crippen molar-refractivity contribution in [3.8, 4) is 6.07 Å². The van der Waals surface area contributed by atoms with Crippen LogP contribution < -0.4 is 5.32 Å². The smallest absolute Gasteiger partial charge is 0.258 e. The fourth-order valence-electron chi connectivity index (χ4n) is 2.48. The second-order valence-corrected chi connectivity index (χ2v) is 6.36. The maximum atomic E-state index is 12.6. The normalized spacial score (nSPS) is 16.7. The molecule has 2 aromatic rings. The molecule has 0 aliphatic carbocycles. The first kappa shape index (κ1) is 16.1. The van der Waals surface area contributed by atoms with Crippen LogP contribution in [-0.2, 0) is 4.79 Å². The zero-order chi connectivity index (χ0) is 17.1. The Hall–Kier alpha value is -2.72. The van der Waals surface area contributed by atoms with Gasteiger partial charge in [-0.2, -0.15) is 5.26 Å². The number of hydrogen-bond acceptors (Lipinski definition) is 5. The number of nitriles is 1. The molecule has 1 aromatic carbocycles. The fourth-order valence-corrected chi connectivity index (χ4v) is 3.63. The van der Waals surface area contributed by atoms with Crippen LogP contribution in [0.1, 0.15) is 21.7 Å². The van der Waals surface area contributed by atoms with Crippen LogP contribution in [0.15, 0.2) is 41.0 Å². The Kier molecular flexibility index (Phi) is 4.58. The maximum absolute atomic E-state index is 12.6. The Morgan fingerprint density at radius 2 is 2.08 bits per heavy atom. The average Bonchev–Trinajstić information content (AvgIpc) is 3.24. The highest BCUT2D eigenvalue weighted by atomic mass is 32.2. The highest BCUT2D eigenvalue weighted by Crippen LogP contribution is 2.25. The first-order chi connectivity index (χ1) is 11.6. The van der Waals surface area contributed by atoms with E-state index in [9.17, 15) is 9.59 Å². The summed E-state index contributed by atoms with van der Waals surface area (Å²) in [5.41, 5.74) is 1.60. The van der Waals surface area contributed by atoms with Crippen LogP contribution >= 0.6 is 11.8 Å². The van der Waals surface area contributed by atoms with E-state index in [2.05, 4.69) is 5.32 Å². The van der Waals surface area contributed by atoms with Crippen LogP contribution in [0.3, 0.4) is 0 Å². The highest BCUT2D eigenvalue weighted by molar-refractivity contribution is 7.99. The molecule has 1 aliphatic heterocycles. The van der Waals surface area contributed by atoms with E-state index in [0.29, 0.717) is 34.2 Å². The molecule has 0 saturated carbocycles. The molecule has 1 N–H and O–H groups in total. The van der Waals surface area contributed by atoms with Gasteiger partial charge in [-0.15, -0.1) is 11.8 Å². The van der Waals surface area contributed by atoms with Gasteiger partial charge in [-0.25, -0.2) is 0 Å². The van der Waals surface area contributed by atoms with E-state index in [1.165, 1.54) is 18.0 Å². The topological polar surface area (TPSA) is 86.3 Å². The van der Waals surface area contributed by atoms with Crippen LogP contribution in [0, 0.1) is 18.3 Å². The summed E-state index contributed by atoms with van der Waals surface area (Å²) in [7, 11) is 0. The Labute approximate surface area is 143 Å². The summed E-state index contributed by atoms with van der Waals surface area (Å²) in [6.07, 6.45) is 1.47. The van der Waals surface area contributed by atoms with Crippen molar-refractivity contribution >= 4 is 29.3 Å². The molecule has 1 aliphatic rings. The standard InChI is InChI=1S/C17H15N3O3S/c1-11-14(6-7-23-11)17(22)20-10-24-9-15(20)16(21)19-13-4-2-12(8-18)3-5-13/h2-7,15H,9-10H2,1H3,(H,19,21)/t15-/m0/s1. The van der Waals surface area contributed by atoms with Gasteiger partial charge in [0.25, 0.3) is 5.91 Å². The molecule has 0 spiro atoms. The van der Waals surface area contributed by atoms with Crippen molar-refractivity contribution in [2.24, 2.45) is 0 Å². The predicted molar refractivity (Wildman–Crippen MR) is 90.5 cm³/mol. The van der Waals surface area contributed by atoms with Crippen LogP contribution in [0.2, 0.25) is 0 Å². The van der Waals surface area contributed by atoms with Crippen molar-refractivity contribution in [2.75, 3.05) is 16.9 Å². The molecule has 0 unspecified atom stereocenters. The Bertz CT molecular complexity index is 807. The minimum absolute atomic E-state index is 0.203. The minimum Gasteiger partial charge on any atom is -0.469 e. The third-order valence-electron chi connectivity index (χ3n) is 3.82. The second kappa shape index (κ2) is 6.81. The third kappa shape index (κ3) is 3.14. The van der Waals surface area contributed by atoms with E-state index in [-0.39, 0.29) is 11.8 Å². The SMILES string of the molecule is Cc1occc1C(=O)N1CSC[C@H]1C(=O)Nc1ccc(C#N)cc1. The zero-order valence-electron chi connectivity index (χ0n) is 13.0. The van der Waals surface area contributed by atoms with E-state index >= 15 is 0 Å². The van der Waals surface area contributed by atoms with Crippen molar-refractivity contribution in [3.63, 3.8) is 0 Å². The van der Waals surface area contributed by atoms with Gasteiger partial charge in [-0.3, -0.25) is 9.59 Å². The van der Waals surface area contributed by atoms with Crippen LogP contribution in [0.25, 0.3) is 0 Å². The molecule has 0 radical (unpaired) electrons. The lowest BCUT2D eigenvalue weighted by atomic mass is 10.2. The predicted octanol–water partition coefficient (Wildman–Crippen LogP) is 2.61. The number of carbonyl (C=O) groups excluding carboxylic acids is 2. The Morgan fingerprint density at radius 1 is 1.33 bits per heavy atom. The first-order valence-corrected chi connectivity index (χ1v) is 8.49. The average molecular weight is 341 g/mol. The van der Waals surface area contributed by atoms with Crippen molar-refractivity contribution in [1.29, 1.82) is 5.26 Å². The number of aryl methyl sites for hydroxylation is 1. The molecule has 1 atom stereocenters. The number of rotatable bonds is 3. The molecule has 7 heteroatoms. The second-order valence-electron chi connectivity index (χ2n) is 5.36. The number of benzene rings is 1. The number of anilines is 1. The summed E-state index contributed by atoms with van der Waals surface area (Å²) in [5, 5.41) is 11.6. The molecule has 2 heterocycles. The molecule has 1 aromatic heterocycles. The number of nitrogens with zero attached hydrogens (tertiary/aromatic N) is 2. The minimum atomic E-state index is -0.535. The van der Waals surface area contributed by atoms with Crippen LogP contribution in [0.5, 0.6) is 0 Å². The van der Waals surface area contributed by atoms with E-state index in [4.69, 9.17) is 9.68 Å². The van der Waals surface area contributed by atoms with Crippen LogP contribution in [-0.4, -0.2) is 34.4 Å². The quantitative estimate of drug-likeness (QED) is 0.927.